The standard InChI is InChI=1S/C17H23FN4O/c1-11-15(12(2)21-20-11)9-10-19-17(23)16(22(3)4)13-5-7-14(18)8-6-13/h5-8,16H,9-10H2,1-4H3,(H,19,23)(H,20,21)/t16-/m1/s1. The fourth-order valence-corrected chi connectivity index (χ4v) is 2.68. The van der Waals surface area contributed by atoms with E-state index in [1.807, 2.05) is 32.8 Å². The van der Waals surface area contributed by atoms with Gasteiger partial charge in [0.25, 0.3) is 0 Å². The third kappa shape index (κ3) is 4.16. The zero-order chi connectivity index (χ0) is 17.0. The van der Waals surface area contributed by atoms with E-state index in [9.17, 15) is 9.18 Å². The van der Waals surface area contributed by atoms with E-state index in [1.54, 1.807) is 12.1 Å². The molecule has 2 aromatic rings. The number of rotatable bonds is 6. The van der Waals surface area contributed by atoms with Gasteiger partial charge in [0.1, 0.15) is 11.9 Å². The number of nitrogens with zero attached hydrogens (tertiary/aromatic N) is 2. The number of H-pyrrole nitrogens is 1. The summed E-state index contributed by atoms with van der Waals surface area (Å²) in [5.41, 5.74) is 3.89. The molecule has 1 amide bonds. The minimum Gasteiger partial charge on any atom is -0.354 e. The van der Waals surface area contributed by atoms with Crippen LogP contribution in [0.3, 0.4) is 0 Å². The number of carbonyl (C=O) groups is 1. The maximum absolute atomic E-state index is 13.1. The molecule has 0 bridgehead atoms. The summed E-state index contributed by atoms with van der Waals surface area (Å²) in [5, 5.41) is 10.0. The van der Waals surface area contributed by atoms with Crippen LogP contribution in [-0.4, -0.2) is 41.6 Å². The van der Waals surface area contributed by atoms with Gasteiger partial charge in [0.2, 0.25) is 5.91 Å². The van der Waals surface area contributed by atoms with Crippen LogP contribution < -0.4 is 5.32 Å². The average Bonchev–Trinajstić information content (AvgIpc) is 2.81. The molecule has 1 aromatic heterocycles. The Morgan fingerprint density at radius 1 is 1.30 bits per heavy atom. The van der Waals surface area contributed by atoms with Crippen molar-refractivity contribution >= 4 is 5.91 Å². The summed E-state index contributed by atoms with van der Waals surface area (Å²) < 4.78 is 13.1. The molecule has 6 heteroatoms. The zero-order valence-corrected chi connectivity index (χ0v) is 14.0. The Balaban J connectivity index is 2.00. The highest BCUT2D eigenvalue weighted by Gasteiger charge is 2.22. The van der Waals surface area contributed by atoms with Crippen LogP contribution in [0.2, 0.25) is 0 Å². The monoisotopic (exact) mass is 318 g/mol. The van der Waals surface area contributed by atoms with Crippen molar-refractivity contribution in [3.05, 3.63) is 52.6 Å². The first-order valence-corrected chi connectivity index (χ1v) is 7.60. The van der Waals surface area contributed by atoms with E-state index in [4.69, 9.17) is 0 Å². The van der Waals surface area contributed by atoms with E-state index in [2.05, 4.69) is 15.5 Å². The molecule has 5 nitrogen and oxygen atoms in total. The molecule has 0 aliphatic rings. The summed E-state index contributed by atoms with van der Waals surface area (Å²) in [5.74, 6) is -0.405. The second-order valence-corrected chi connectivity index (χ2v) is 5.87. The molecule has 23 heavy (non-hydrogen) atoms. The lowest BCUT2D eigenvalue weighted by Crippen LogP contribution is -2.38. The van der Waals surface area contributed by atoms with Crippen molar-refractivity contribution in [1.29, 1.82) is 0 Å². The van der Waals surface area contributed by atoms with Crippen molar-refractivity contribution in [3.8, 4) is 0 Å². The van der Waals surface area contributed by atoms with Crippen LogP contribution >= 0.6 is 0 Å². The number of carbonyl (C=O) groups excluding carboxylic acids is 1. The van der Waals surface area contributed by atoms with Gasteiger partial charge < -0.3 is 5.32 Å². The van der Waals surface area contributed by atoms with Crippen LogP contribution in [-0.2, 0) is 11.2 Å². The molecule has 0 saturated heterocycles. The van der Waals surface area contributed by atoms with Gasteiger partial charge in [-0.05, 0) is 57.6 Å². The normalized spacial score (nSPS) is 12.4. The molecule has 1 heterocycles. The number of aryl methyl sites for hydroxylation is 2. The van der Waals surface area contributed by atoms with Crippen LogP contribution in [0.25, 0.3) is 0 Å². The molecule has 0 fully saturated rings. The highest BCUT2D eigenvalue weighted by molar-refractivity contribution is 5.83. The molecule has 0 unspecified atom stereocenters. The minimum atomic E-state index is -0.442. The van der Waals surface area contributed by atoms with Crippen LogP contribution in [0, 0.1) is 19.7 Å². The molecular weight excluding hydrogens is 295 g/mol. The first kappa shape index (κ1) is 17.1. The van der Waals surface area contributed by atoms with E-state index < -0.39 is 6.04 Å². The van der Waals surface area contributed by atoms with Crippen LogP contribution in [0.15, 0.2) is 24.3 Å². The molecule has 0 aliphatic heterocycles. The minimum absolute atomic E-state index is 0.0968. The Labute approximate surface area is 135 Å². The Morgan fingerprint density at radius 2 is 1.96 bits per heavy atom. The number of benzene rings is 1. The Morgan fingerprint density at radius 3 is 2.48 bits per heavy atom. The summed E-state index contributed by atoms with van der Waals surface area (Å²) >= 11 is 0. The first-order valence-electron chi connectivity index (χ1n) is 7.60. The van der Waals surface area contributed by atoms with Crippen molar-refractivity contribution in [3.63, 3.8) is 0 Å². The number of nitrogens with one attached hydrogen (secondary N) is 2. The van der Waals surface area contributed by atoms with E-state index in [0.717, 1.165) is 28.9 Å². The maximum atomic E-state index is 13.1. The van der Waals surface area contributed by atoms with E-state index in [-0.39, 0.29) is 11.7 Å². The van der Waals surface area contributed by atoms with E-state index >= 15 is 0 Å². The van der Waals surface area contributed by atoms with Gasteiger partial charge in [0.15, 0.2) is 0 Å². The predicted molar refractivity (Wildman–Crippen MR) is 87.6 cm³/mol. The molecule has 1 atom stereocenters. The molecule has 1 aromatic carbocycles. The largest absolute Gasteiger partial charge is 0.354 e. The SMILES string of the molecule is Cc1n[nH]c(C)c1CCNC(=O)[C@@H](c1ccc(F)cc1)N(C)C. The Bertz CT molecular complexity index is 644. The van der Waals surface area contributed by atoms with Gasteiger partial charge in [-0.2, -0.15) is 5.10 Å². The lowest BCUT2D eigenvalue weighted by molar-refractivity contribution is -0.125. The zero-order valence-electron chi connectivity index (χ0n) is 14.0. The smallest absolute Gasteiger partial charge is 0.241 e. The summed E-state index contributed by atoms with van der Waals surface area (Å²) in [6.45, 7) is 4.45. The third-order valence-corrected chi connectivity index (χ3v) is 3.91. The molecule has 2 N–H and O–H groups in total. The number of hydrogen-bond donors (Lipinski definition) is 2. The number of likely N-dealkylation sites (N-methyl/N-ethyl adjacent to an activating group) is 1. The molecule has 0 saturated carbocycles. The van der Waals surface area contributed by atoms with Crippen molar-refractivity contribution in [2.24, 2.45) is 0 Å². The van der Waals surface area contributed by atoms with Crippen LogP contribution in [0.1, 0.15) is 28.6 Å². The number of hydrogen-bond acceptors (Lipinski definition) is 3. The quantitative estimate of drug-likeness (QED) is 0.858. The molecular formula is C17H23FN4O. The van der Waals surface area contributed by atoms with Gasteiger partial charge in [-0.3, -0.25) is 14.8 Å². The third-order valence-electron chi connectivity index (χ3n) is 3.91. The molecule has 0 spiro atoms. The van der Waals surface area contributed by atoms with Gasteiger partial charge in [-0.1, -0.05) is 12.1 Å². The van der Waals surface area contributed by atoms with Crippen LogP contribution in [0.4, 0.5) is 4.39 Å². The van der Waals surface area contributed by atoms with Gasteiger partial charge in [-0.25, -0.2) is 4.39 Å². The van der Waals surface area contributed by atoms with Gasteiger partial charge in [0, 0.05) is 12.2 Å². The second kappa shape index (κ2) is 7.37. The summed E-state index contributed by atoms with van der Waals surface area (Å²) in [7, 11) is 3.66. The Hall–Kier alpha value is -2.21. The second-order valence-electron chi connectivity index (χ2n) is 5.87. The van der Waals surface area contributed by atoms with Gasteiger partial charge >= 0.3 is 0 Å². The van der Waals surface area contributed by atoms with Crippen molar-refractivity contribution in [1.82, 2.24) is 20.4 Å². The summed E-state index contributed by atoms with van der Waals surface area (Å²) in [6.07, 6.45) is 0.726. The predicted octanol–water partition coefficient (Wildman–Crippen LogP) is 2.13. The Kier molecular flexibility index (Phi) is 5.50. The molecule has 124 valence electrons. The van der Waals surface area contributed by atoms with Gasteiger partial charge in [-0.15, -0.1) is 0 Å². The van der Waals surface area contributed by atoms with Crippen LogP contribution in [0.5, 0.6) is 0 Å². The lowest BCUT2D eigenvalue weighted by atomic mass is 10.0. The lowest BCUT2D eigenvalue weighted by Gasteiger charge is -2.24. The maximum Gasteiger partial charge on any atom is 0.241 e. The topological polar surface area (TPSA) is 61.0 Å². The molecule has 2 rings (SSSR count). The van der Waals surface area contributed by atoms with Crippen molar-refractivity contribution in [2.75, 3.05) is 20.6 Å². The number of halogens is 1. The van der Waals surface area contributed by atoms with Gasteiger partial charge in [0.05, 0.1) is 5.69 Å². The number of amides is 1. The highest BCUT2D eigenvalue weighted by atomic mass is 19.1. The average molecular weight is 318 g/mol. The molecule has 0 aliphatic carbocycles. The number of aromatic amines is 1. The molecule has 0 radical (unpaired) electrons. The summed E-state index contributed by atoms with van der Waals surface area (Å²) in [4.78, 5) is 14.3. The summed E-state index contributed by atoms with van der Waals surface area (Å²) in [6, 6.07) is 5.59. The fraction of sp³-hybridized carbons (Fsp3) is 0.412. The highest BCUT2D eigenvalue weighted by Crippen LogP contribution is 2.19. The first-order chi connectivity index (χ1) is 10.9. The van der Waals surface area contributed by atoms with Crippen molar-refractivity contribution < 1.29 is 9.18 Å². The number of aromatic nitrogens is 2. The van der Waals surface area contributed by atoms with E-state index in [1.165, 1.54) is 12.1 Å². The van der Waals surface area contributed by atoms with Crippen molar-refractivity contribution in [2.45, 2.75) is 26.3 Å². The fourth-order valence-electron chi connectivity index (χ4n) is 2.68. The van der Waals surface area contributed by atoms with E-state index in [0.29, 0.717) is 6.54 Å².